The van der Waals surface area contributed by atoms with Crippen molar-refractivity contribution in [3.05, 3.63) is 10.1 Å². The first-order valence-electron chi connectivity index (χ1n) is 8.98. The standard InChI is InChI=1S/C19H35BrO2Si/c1-13(2)23(14(3)4,15(5)6)22-10-9-17(20)16-11-19(7,8)12-18(16)21/h13-15H,9-12H2,1-8H3/b17-16+. The van der Waals surface area contributed by atoms with E-state index in [9.17, 15) is 4.79 Å². The van der Waals surface area contributed by atoms with Crippen LogP contribution in [0, 0.1) is 5.41 Å². The van der Waals surface area contributed by atoms with Crippen LogP contribution in [-0.2, 0) is 9.22 Å². The third-order valence-corrected chi connectivity index (χ3v) is 12.3. The Kier molecular flexibility index (Phi) is 7.31. The molecule has 0 atom stereocenters. The van der Waals surface area contributed by atoms with Gasteiger partial charge in [-0.25, -0.2) is 0 Å². The number of hydrogen-bond acceptors (Lipinski definition) is 2. The molecule has 0 heterocycles. The van der Waals surface area contributed by atoms with Crippen LogP contribution in [0.5, 0.6) is 0 Å². The lowest BCUT2D eigenvalue weighted by molar-refractivity contribution is -0.115. The summed E-state index contributed by atoms with van der Waals surface area (Å²) in [6, 6.07) is 0. The van der Waals surface area contributed by atoms with Gasteiger partial charge in [-0.1, -0.05) is 71.3 Å². The molecule has 1 fully saturated rings. The summed E-state index contributed by atoms with van der Waals surface area (Å²) in [6.45, 7) is 18.9. The fourth-order valence-corrected chi connectivity index (χ4v) is 10.4. The number of hydrogen-bond donors (Lipinski definition) is 0. The lowest BCUT2D eigenvalue weighted by Gasteiger charge is -2.42. The van der Waals surface area contributed by atoms with E-state index in [0.29, 0.717) is 28.8 Å². The number of rotatable bonds is 7. The number of carbonyl (C=O) groups excluding carboxylic acids is 1. The Balaban J connectivity index is 2.80. The highest BCUT2D eigenvalue weighted by atomic mass is 79.9. The fourth-order valence-electron chi connectivity index (χ4n) is 4.40. The number of allylic oxidation sites excluding steroid dienone is 1. The molecule has 0 N–H and O–H groups in total. The van der Waals surface area contributed by atoms with E-state index in [1.807, 2.05) is 0 Å². The molecule has 1 rings (SSSR count). The summed E-state index contributed by atoms with van der Waals surface area (Å²) in [5, 5.41) is 0. The molecule has 0 aromatic rings. The van der Waals surface area contributed by atoms with Crippen molar-refractivity contribution >= 4 is 30.0 Å². The molecule has 134 valence electrons. The molecule has 4 heteroatoms. The van der Waals surface area contributed by atoms with E-state index >= 15 is 0 Å². The molecule has 0 aromatic heterocycles. The quantitative estimate of drug-likeness (QED) is 0.353. The maximum Gasteiger partial charge on any atom is 0.200 e. The Bertz CT molecular complexity index is 442. The van der Waals surface area contributed by atoms with Crippen LogP contribution in [0.3, 0.4) is 0 Å². The number of ketones is 1. The zero-order valence-electron chi connectivity index (χ0n) is 16.3. The second-order valence-electron chi connectivity index (χ2n) is 8.74. The highest BCUT2D eigenvalue weighted by molar-refractivity contribution is 9.11. The second kappa shape index (κ2) is 7.96. The molecule has 2 nitrogen and oxygen atoms in total. The average Bonchev–Trinajstić information content (AvgIpc) is 2.66. The Morgan fingerprint density at radius 3 is 1.91 bits per heavy atom. The maximum atomic E-state index is 12.2. The zero-order valence-corrected chi connectivity index (χ0v) is 18.8. The average molecular weight is 403 g/mol. The molecule has 0 bridgehead atoms. The summed E-state index contributed by atoms with van der Waals surface area (Å²) in [5.74, 6) is 0.307. The monoisotopic (exact) mass is 402 g/mol. The van der Waals surface area contributed by atoms with Gasteiger partial charge in [0.05, 0.1) is 0 Å². The largest absolute Gasteiger partial charge is 0.416 e. The van der Waals surface area contributed by atoms with Crippen LogP contribution >= 0.6 is 15.9 Å². The van der Waals surface area contributed by atoms with Crippen molar-refractivity contribution < 1.29 is 9.22 Å². The Morgan fingerprint density at radius 2 is 1.57 bits per heavy atom. The molecule has 0 amide bonds. The normalized spacial score (nSPS) is 21.0. The Labute approximate surface area is 152 Å². The first-order valence-corrected chi connectivity index (χ1v) is 11.9. The van der Waals surface area contributed by atoms with Gasteiger partial charge in [-0.2, -0.15) is 0 Å². The number of halogens is 1. The maximum absolute atomic E-state index is 12.2. The van der Waals surface area contributed by atoms with Crippen molar-refractivity contribution in [2.24, 2.45) is 5.41 Å². The van der Waals surface area contributed by atoms with E-state index in [1.54, 1.807) is 0 Å². The molecule has 0 aromatic carbocycles. The lowest BCUT2D eigenvalue weighted by Crippen LogP contribution is -2.47. The molecule has 0 aliphatic heterocycles. The van der Waals surface area contributed by atoms with Crippen molar-refractivity contribution in [2.75, 3.05) is 6.61 Å². The summed E-state index contributed by atoms with van der Waals surface area (Å²) in [6.07, 6.45) is 2.37. The third kappa shape index (κ3) is 4.79. The molecular weight excluding hydrogens is 368 g/mol. The summed E-state index contributed by atoms with van der Waals surface area (Å²) in [4.78, 5) is 12.2. The van der Waals surface area contributed by atoms with Crippen LogP contribution in [0.2, 0.25) is 16.6 Å². The van der Waals surface area contributed by atoms with Gasteiger partial charge < -0.3 is 4.43 Å². The van der Waals surface area contributed by atoms with Crippen molar-refractivity contribution in [3.63, 3.8) is 0 Å². The number of carbonyl (C=O) groups is 1. The summed E-state index contributed by atoms with van der Waals surface area (Å²) < 4.78 is 7.66. The van der Waals surface area contributed by atoms with Crippen LogP contribution in [-0.4, -0.2) is 20.7 Å². The summed E-state index contributed by atoms with van der Waals surface area (Å²) >= 11 is 3.67. The summed E-state index contributed by atoms with van der Waals surface area (Å²) in [7, 11) is -1.81. The molecular formula is C19H35BrO2Si. The van der Waals surface area contributed by atoms with E-state index in [2.05, 4.69) is 71.3 Å². The second-order valence-corrected chi connectivity index (χ2v) is 15.2. The van der Waals surface area contributed by atoms with Gasteiger partial charge in [0.1, 0.15) is 0 Å². The fraction of sp³-hybridized carbons (Fsp3) is 0.842. The van der Waals surface area contributed by atoms with E-state index in [-0.39, 0.29) is 5.41 Å². The predicted octanol–water partition coefficient (Wildman–Crippen LogP) is 6.61. The first-order chi connectivity index (χ1) is 10.4. The molecule has 1 aliphatic carbocycles. The SMILES string of the molecule is CC(C)[Si](OCC/C(Br)=C1/CC(C)(C)CC1=O)(C(C)C)C(C)C. The van der Waals surface area contributed by atoms with Gasteiger partial charge in [0, 0.05) is 29.5 Å². The Hall–Kier alpha value is 0.0669. The molecule has 1 aliphatic rings. The van der Waals surface area contributed by atoms with Gasteiger partial charge in [0.2, 0.25) is 0 Å². The minimum Gasteiger partial charge on any atom is -0.416 e. The minimum atomic E-state index is -1.81. The minimum absolute atomic E-state index is 0.110. The zero-order chi connectivity index (χ0) is 18.0. The first kappa shape index (κ1) is 21.1. The molecule has 0 unspecified atom stereocenters. The van der Waals surface area contributed by atoms with Crippen molar-refractivity contribution in [1.29, 1.82) is 0 Å². The Morgan fingerprint density at radius 1 is 1.09 bits per heavy atom. The topological polar surface area (TPSA) is 26.3 Å². The van der Waals surface area contributed by atoms with Crippen LogP contribution in [0.4, 0.5) is 0 Å². The lowest BCUT2D eigenvalue weighted by atomic mass is 9.91. The van der Waals surface area contributed by atoms with E-state index in [4.69, 9.17) is 4.43 Å². The highest BCUT2D eigenvalue weighted by Gasteiger charge is 2.45. The molecule has 1 saturated carbocycles. The van der Waals surface area contributed by atoms with Crippen LogP contribution in [0.1, 0.15) is 74.7 Å². The van der Waals surface area contributed by atoms with Gasteiger partial charge in [0.15, 0.2) is 14.1 Å². The number of Topliss-reactive ketones (excluding diaryl/α,β-unsaturated/α-hetero) is 1. The van der Waals surface area contributed by atoms with Gasteiger partial charge in [-0.15, -0.1) is 0 Å². The molecule has 0 spiro atoms. The molecule has 23 heavy (non-hydrogen) atoms. The van der Waals surface area contributed by atoms with Crippen LogP contribution in [0.15, 0.2) is 10.1 Å². The molecule has 0 radical (unpaired) electrons. The van der Waals surface area contributed by atoms with E-state index < -0.39 is 8.32 Å². The van der Waals surface area contributed by atoms with Crippen molar-refractivity contribution in [1.82, 2.24) is 0 Å². The van der Waals surface area contributed by atoms with Crippen molar-refractivity contribution in [2.45, 2.75) is 91.3 Å². The van der Waals surface area contributed by atoms with E-state index in [1.165, 1.54) is 0 Å². The summed E-state index contributed by atoms with van der Waals surface area (Å²) in [5.41, 5.74) is 2.89. The van der Waals surface area contributed by atoms with Crippen molar-refractivity contribution in [3.8, 4) is 0 Å². The highest BCUT2D eigenvalue weighted by Crippen LogP contribution is 2.43. The smallest absolute Gasteiger partial charge is 0.200 e. The van der Waals surface area contributed by atoms with Crippen LogP contribution < -0.4 is 0 Å². The van der Waals surface area contributed by atoms with Gasteiger partial charge in [-0.3, -0.25) is 4.79 Å². The van der Waals surface area contributed by atoms with Gasteiger partial charge >= 0.3 is 0 Å². The van der Waals surface area contributed by atoms with Gasteiger partial charge in [0.25, 0.3) is 0 Å². The van der Waals surface area contributed by atoms with Crippen LogP contribution in [0.25, 0.3) is 0 Å². The van der Waals surface area contributed by atoms with E-state index in [0.717, 1.165) is 29.5 Å². The molecule has 0 saturated heterocycles. The predicted molar refractivity (Wildman–Crippen MR) is 106 cm³/mol. The third-order valence-electron chi connectivity index (χ3n) is 5.34. The van der Waals surface area contributed by atoms with Gasteiger partial charge in [-0.05, 0) is 28.5 Å².